The maximum Gasteiger partial charge on any atom is 0.239 e. The van der Waals surface area contributed by atoms with E-state index in [0.29, 0.717) is 26.1 Å². The number of amides is 1. The molecule has 1 rings (SSSR count). The fraction of sp³-hybridized carbons (Fsp3) is 0.900. The van der Waals surface area contributed by atoms with Crippen LogP contribution in [-0.2, 0) is 14.8 Å². The summed E-state index contributed by atoms with van der Waals surface area (Å²) in [5.74, 6) is -0.131. The summed E-state index contributed by atoms with van der Waals surface area (Å²) >= 11 is 0. The highest BCUT2D eigenvalue weighted by Gasteiger charge is 2.35. The number of likely N-dealkylation sites (N-methyl/N-ethyl adjacent to an activating group) is 1. The first-order valence-corrected chi connectivity index (χ1v) is 7.55. The van der Waals surface area contributed by atoms with Crippen molar-refractivity contribution in [2.45, 2.75) is 25.8 Å². The second kappa shape index (κ2) is 6.32. The molecule has 1 heterocycles. The Balaban J connectivity index is 2.80. The number of hydrogen-bond acceptors (Lipinski definition) is 4. The Bertz CT molecular complexity index is 356. The third-order valence-corrected chi connectivity index (χ3v) is 4.81. The Morgan fingerprint density at radius 1 is 1.53 bits per heavy atom. The molecule has 1 amide bonds. The van der Waals surface area contributed by atoms with E-state index in [2.05, 4.69) is 10.6 Å². The summed E-state index contributed by atoms with van der Waals surface area (Å²) < 4.78 is 25.5. The van der Waals surface area contributed by atoms with Crippen molar-refractivity contribution in [1.29, 1.82) is 0 Å². The van der Waals surface area contributed by atoms with E-state index in [9.17, 15) is 13.2 Å². The first-order chi connectivity index (χ1) is 8.03. The predicted octanol–water partition coefficient (Wildman–Crippen LogP) is -0.864. The molecule has 0 aliphatic carbocycles. The zero-order valence-corrected chi connectivity index (χ0v) is 11.2. The zero-order chi connectivity index (χ0) is 12.9. The SMILES string of the molecule is CCCCS(=O)(=O)N1CCNCC1C(=O)NC. The van der Waals surface area contributed by atoms with Gasteiger partial charge in [-0.3, -0.25) is 4.79 Å². The fourth-order valence-electron chi connectivity index (χ4n) is 1.85. The number of nitrogens with one attached hydrogen (secondary N) is 2. The Kier molecular flexibility index (Phi) is 5.35. The van der Waals surface area contributed by atoms with Gasteiger partial charge in [0.1, 0.15) is 6.04 Å². The largest absolute Gasteiger partial charge is 0.358 e. The number of unbranched alkanes of at least 4 members (excludes halogenated alkanes) is 1. The maximum atomic E-state index is 12.1. The van der Waals surface area contributed by atoms with Gasteiger partial charge in [-0.25, -0.2) is 8.42 Å². The van der Waals surface area contributed by atoms with Crippen LogP contribution in [0.5, 0.6) is 0 Å². The lowest BCUT2D eigenvalue weighted by Crippen LogP contribution is -2.59. The van der Waals surface area contributed by atoms with Crippen molar-refractivity contribution in [2.75, 3.05) is 32.4 Å². The van der Waals surface area contributed by atoms with Gasteiger partial charge in [-0.15, -0.1) is 0 Å². The van der Waals surface area contributed by atoms with E-state index < -0.39 is 16.1 Å². The number of carbonyl (C=O) groups excluding carboxylic acids is 1. The monoisotopic (exact) mass is 263 g/mol. The third-order valence-electron chi connectivity index (χ3n) is 2.86. The first kappa shape index (κ1) is 14.4. The molecule has 2 N–H and O–H groups in total. The highest BCUT2D eigenvalue weighted by atomic mass is 32.2. The van der Waals surface area contributed by atoms with Gasteiger partial charge in [0.05, 0.1) is 5.75 Å². The van der Waals surface area contributed by atoms with Crippen LogP contribution in [0.15, 0.2) is 0 Å². The Morgan fingerprint density at radius 2 is 2.24 bits per heavy atom. The van der Waals surface area contributed by atoms with Crippen LogP contribution >= 0.6 is 0 Å². The molecule has 0 aromatic rings. The summed E-state index contributed by atoms with van der Waals surface area (Å²) in [7, 11) is -1.80. The number of sulfonamides is 1. The molecule has 0 saturated carbocycles. The van der Waals surface area contributed by atoms with Crippen molar-refractivity contribution >= 4 is 15.9 Å². The molecule has 1 saturated heterocycles. The predicted molar refractivity (Wildman–Crippen MR) is 66.1 cm³/mol. The third kappa shape index (κ3) is 3.65. The molecule has 1 atom stereocenters. The molecule has 6 nitrogen and oxygen atoms in total. The van der Waals surface area contributed by atoms with Crippen molar-refractivity contribution in [3.63, 3.8) is 0 Å². The molecule has 100 valence electrons. The molecule has 0 spiro atoms. The van der Waals surface area contributed by atoms with Gasteiger partial charge >= 0.3 is 0 Å². The summed E-state index contributed by atoms with van der Waals surface area (Å²) in [5, 5.41) is 5.55. The summed E-state index contributed by atoms with van der Waals surface area (Å²) in [4.78, 5) is 11.6. The van der Waals surface area contributed by atoms with Gasteiger partial charge in [-0.1, -0.05) is 13.3 Å². The quantitative estimate of drug-likeness (QED) is 0.676. The van der Waals surface area contributed by atoms with Crippen LogP contribution in [0.2, 0.25) is 0 Å². The molecular formula is C10H21N3O3S. The highest BCUT2D eigenvalue weighted by molar-refractivity contribution is 7.89. The number of piperazine rings is 1. The Hall–Kier alpha value is -0.660. The van der Waals surface area contributed by atoms with Gasteiger partial charge in [0.25, 0.3) is 0 Å². The average Bonchev–Trinajstić information content (AvgIpc) is 2.35. The summed E-state index contributed by atoms with van der Waals surface area (Å²) in [5.41, 5.74) is 0. The lowest BCUT2D eigenvalue weighted by Gasteiger charge is -2.33. The van der Waals surface area contributed by atoms with Crippen LogP contribution in [0.1, 0.15) is 19.8 Å². The van der Waals surface area contributed by atoms with Crippen LogP contribution in [0.3, 0.4) is 0 Å². The van der Waals surface area contributed by atoms with Crippen molar-refractivity contribution in [2.24, 2.45) is 0 Å². The lowest BCUT2D eigenvalue weighted by molar-refractivity contribution is -0.124. The Morgan fingerprint density at radius 3 is 2.82 bits per heavy atom. The lowest BCUT2D eigenvalue weighted by atomic mass is 10.2. The maximum absolute atomic E-state index is 12.1. The molecule has 7 heteroatoms. The van der Waals surface area contributed by atoms with Gasteiger partial charge in [0.15, 0.2) is 0 Å². The Labute approximate surface area is 103 Å². The minimum absolute atomic E-state index is 0.122. The topological polar surface area (TPSA) is 78.5 Å². The first-order valence-electron chi connectivity index (χ1n) is 5.94. The number of nitrogens with zero attached hydrogens (tertiary/aromatic N) is 1. The van der Waals surface area contributed by atoms with E-state index in [4.69, 9.17) is 0 Å². The second-order valence-corrected chi connectivity index (χ2v) is 6.16. The van der Waals surface area contributed by atoms with Crippen LogP contribution in [0, 0.1) is 0 Å². The summed E-state index contributed by atoms with van der Waals surface area (Å²) in [6.45, 7) is 3.29. The van der Waals surface area contributed by atoms with E-state index in [-0.39, 0.29) is 11.7 Å². The van der Waals surface area contributed by atoms with Crippen molar-refractivity contribution in [3.8, 4) is 0 Å². The van der Waals surface area contributed by atoms with Gasteiger partial charge in [0.2, 0.25) is 15.9 Å². The van der Waals surface area contributed by atoms with Gasteiger partial charge in [-0.05, 0) is 6.42 Å². The van der Waals surface area contributed by atoms with E-state index in [1.54, 1.807) is 0 Å². The molecule has 0 bridgehead atoms. The molecule has 1 fully saturated rings. The van der Waals surface area contributed by atoms with Gasteiger partial charge in [0, 0.05) is 26.7 Å². The summed E-state index contributed by atoms with van der Waals surface area (Å²) in [6.07, 6.45) is 1.46. The number of carbonyl (C=O) groups is 1. The van der Waals surface area contributed by atoms with E-state index in [0.717, 1.165) is 6.42 Å². The standard InChI is InChI=1S/C10H21N3O3S/c1-3-4-7-17(15,16)13-6-5-12-8-9(13)10(14)11-2/h9,12H,3-8H2,1-2H3,(H,11,14). The number of hydrogen-bond donors (Lipinski definition) is 2. The molecule has 1 aliphatic rings. The minimum Gasteiger partial charge on any atom is -0.358 e. The van der Waals surface area contributed by atoms with Crippen molar-refractivity contribution in [3.05, 3.63) is 0 Å². The van der Waals surface area contributed by atoms with Crippen LogP contribution in [0.4, 0.5) is 0 Å². The molecule has 1 aliphatic heterocycles. The molecule has 1 unspecified atom stereocenters. The molecule has 17 heavy (non-hydrogen) atoms. The van der Waals surface area contributed by atoms with E-state index in [1.165, 1.54) is 11.4 Å². The molecule has 0 radical (unpaired) electrons. The van der Waals surface area contributed by atoms with Crippen molar-refractivity contribution < 1.29 is 13.2 Å². The highest BCUT2D eigenvalue weighted by Crippen LogP contribution is 2.12. The average molecular weight is 263 g/mol. The van der Waals surface area contributed by atoms with Crippen LogP contribution < -0.4 is 10.6 Å². The second-order valence-electron chi connectivity index (χ2n) is 4.11. The molecule has 0 aromatic carbocycles. The van der Waals surface area contributed by atoms with Gasteiger partial charge < -0.3 is 10.6 Å². The van der Waals surface area contributed by atoms with Gasteiger partial charge in [-0.2, -0.15) is 4.31 Å². The fourth-order valence-corrected chi connectivity index (χ4v) is 3.67. The van der Waals surface area contributed by atoms with Crippen LogP contribution in [-0.4, -0.2) is 57.1 Å². The molecular weight excluding hydrogens is 242 g/mol. The van der Waals surface area contributed by atoms with E-state index in [1.807, 2.05) is 6.92 Å². The van der Waals surface area contributed by atoms with E-state index >= 15 is 0 Å². The minimum atomic E-state index is -3.32. The van der Waals surface area contributed by atoms with Crippen molar-refractivity contribution in [1.82, 2.24) is 14.9 Å². The number of rotatable bonds is 5. The normalized spacial score (nSPS) is 22.4. The smallest absolute Gasteiger partial charge is 0.239 e. The zero-order valence-electron chi connectivity index (χ0n) is 10.4. The van der Waals surface area contributed by atoms with Crippen LogP contribution in [0.25, 0.3) is 0 Å². The summed E-state index contributed by atoms with van der Waals surface area (Å²) in [6, 6.07) is -0.615. The molecule has 0 aromatic heterocycles.